The van der Waals surface area contributed by atoms with Crippen LogP contribution >= 0.6 is 24.0 Å². The molecule has 1 aromatic carbocycles. The van der Waals surface area contributed by atoms with E-state index in [0.717, 1.165) is 50.4 Å². The van der Waals surface area contributed by atoms with Crippen LogP contribution in [0.1, 0.15) is 42.1 Å². The zero-order valence-corrected chi connectivity index (χ0v) is 20.0. The zero-order valence-electron chi connectivity index (χ0n) is 17.7. The number of rotatable bonds is 7. The number of hydrogen-bond acceptors (Lipinski definition) is 3. The first-order valence-corrected chi connectivity index (χ1v) is 10.1. The van der Waals surface area contributed by atoms with E-state index in [1.165, 1.54) is 0 Å². The van der Waals surface area contributed by atoms with E-state index in [2.05, 4.69) is 27.8 Å². The topological polar surface area (TPSA) is 85.8 Å². The van der Waals surface area contributed by atoms with Gasteiger partial charge in [0.25, 0.3) is 5.91 Å². The molecule has 0 spiro atoms. The molecule has 1 aliphatic rings. The van der Waals surface area contributed by atoms with Crippen LogP contribution in [0.25, 0.3) is 0 Å². The SMILES string of the molecule is CCNC(=NCCc1cccc(C(=O)NC)c1)N1CCC(CC(=O)NC)CC1.I. The number of carbonyl (C=O) groups excluding carboxylic acids is 2. The van der Waals surface area contributed by atoms with Gasteiger partial charge in [-0.2, -0.15) is 0 Å². The van der Waals surface area contributed by atoms with Crippen LogP contribution in [-0.2, 0) is 11.2 Å². The van der Waals surface area contributed by atoms with Crippen LogP contribution in [-0.4, -0.2) is 62.9 Å². The van der Waals surface area contributed by atoms with E-state index in [1.807, 2.05) is 24.3 Å². The quantitative estimate of drug-likeness (QED) is 0.295. The van der Waals surface area contributed by atoms with Crippen molar-refractivity contribution in [1.82, 2.24) is 20.9 Å². The molecule has 1 saturated heterocycles. The van der Waals surface area contributed by atoms with Gasteiger partial charge < -0.3 is 20.9 Å². The number of aliphatic imine (C=N–C) groups is 1. The third-order valence-electron chi connectivity index (χ3n) is 5.08. The largest absolute Gasteiger partial charge is 0.359 e. The van der Waals surface area contributed by atoms with E-state index in [4.69, 9.17) is 4.99 Å². The van der Waals surface area contributed by atoms with Crippen molar-refractivity contribution >= 4 is 41.8 Å². The van der Waals surface area contributed by atoms with Crippen LogP contribution in [0.4, 0.5) is 0 Å². The first-order valence-electron chi connectivity index (χ1n) is 10.1. The molecule has 1 fully saturated rings. The Morgan fingerprint density at radius 1 is 1.17 bits per heavy atom. The third-order valence-corrected chi connectivity index (χ3v) is 5.08. The predicted molar refractivity (Wildman–Crippen MR) is 128 cm³/mol. The minimum absolute atomic E-state index is 0. The first kappa shape index (κ1) is 25.2. The Morgan fingerprint density at radius 3 is 2.52 bits per heavy atom. The van der Waals surface area contributed by atoms with Crippen LogP contribution in [0.3, 0.4) is 0 Å². The molecule has 8 heteroatoms. The zero-order chi connectivity index (χ0) is 20.4. The van der Waals surface area contributed by atoms with Gasteiger partial charge in [-0.15, -0.1) is 24.0 Å². The highest BCUT2D eigenvalue weighted by Crippen LogP contribution is 2.20. The lowest BCUT2D eigenvalue weighted by Gasteiger charge is -2.34. The van der Waals surface area contributed by atoms with Crippen molar-refractivity contribution in [3.8, 4) is 0 Å². The number of nitrogens with zero attached hydrogens (tertiary/aromatic N) is 2. The van der Waals surface area contributed by atoms with E-state index in [9.17, 15) is 9.59 Å². The van der Waals surface area contributed by atoms with Crippen molar-refractivity contribution in [2.24, 2.45) is 10.9 Å². The summed E-state index contributed by atoms with van der Waals surface area (Å²) < 4.78 is 0. The van der Waals surface area contributed by atoms with Crippen LogP contribution in [0, 0.1) is 5.92 Å². The Kier molecular flexibility index (Phi) is 11.6. The summed E-state index contributed by atoms with van der Waals surface area (Å²) in [5, 5.41) is 8.74. The molecule has 0 saturated carbocycles. The van der Waals surface area contributed by atoms with Gasteiger partial charge in [0.05, 0.1) is 0 Å². The van der Waals surface area contributed by atoms with Gasteiger partial charge in [0.1, 0.15) is 0 Å². The maximum atomic E-state index is 11.8. The fourth-order valence-corrected chi connectivity index (χ4v) is 3.44. The monoisotopic (exact) mass is 515 g/mol. The van der Waals surface area contributed by atoms with Gasteiger partial charge in [-0.1, -0.05) is 12.1 Å². The average Bonchev–Trinajstić information content (AvgIpc) is 2.73. The van der Waals surface area contributed by atoms with E-state index in [0.29, 0.717) is 24.4 Å². The second kappa shape index (κ2) is 13.4. The minimum atomic E-state index is -0.0710. The molecule has 0 atom stereocenters. The highest BCUT2D eigenvalue weighted by atomic mass is 127. The number of piperidine rings is 1. The number of nitrogens with one attached hydrogen (secondary N) is 3. The fourth-order valence-electron chi connectivity index (χ4n) is 3.44. The van der Waals surface area contributed by atoms with E-state index in [1.54, 1.807) is 14.1 Å². The maximum absolute atomic E-state index is 11.8. The summed E-state index contributed by atoms with van der Waals surface area (Å²) in [6.45, 7) is 5.39. The van der Waals surface area contributed by atoms with Crippen LogP contribution in [0.5, 0.6) is 0 Å². The summed E-state index contributed by atoms with van der Waals surface area (Å²) in [6.07, 6.45) is 3.41. The molecular formula is C21H34IN5O2. The molecule has 1 heterocycles. The Balaban J connectivity index is 0.00000420. The van der Waals surface area contributed by atoms with Gasteiger partial charge in [0.2, 0.25) is 5.91 Å². The van der Waals surface area contributed by atoms with Gasteiger partial charge in [-0.25, -0.2) is 0 Å². The molecule has 0 bridgehead atoms. The number of hydrogen-bond donors (Lipinski definition) is 3. The molecule has 0 aliphatic carbocycles. The number of amides is 2. The van der Waals surface area contributed by atoms with Crippen LogP contribution < -0.4 is 16.0 Å². The molecule has 1 aromatic rings. The summed E-state index contributed by atoms with van der Waals surface area (Å²) in [5.41, 5.74) is 1.78. The molecule has 3 N–H and O–H groups in total. The van der Waals surface area contributed by atoms with Gasteiger partial charge in [-0.3, -0.25) is 14.6 Å². The summed E-state index contributed by atoms with van der Waals surface area (Å²) in [5.74, 6) is 1.44. The van der Waals surface area contributed by atoms with E-state index >= 15 is 0 Å². The molecule has 29 heavy (non-hydrogen) atoms. The Morgan fingerprint density at radius 2 is 1.90 bits per heavy atom. The van der Waals surface area contributed by atoms with E-state index in [-0.39, 0.29) is 35.8 Å². The standard InChI is InChI=1S/C21H33N5O2.HI/c1-4-24-21(26-12-9-17(10-13-26)15-19(27)22-2)25-11-8-16-6-5-7-18(14-16)20(28)23-3;/h5-7,14,17H,4,8-13,15H2,1-3H3,(H,22,27)(H,23,28)(H,24,25);1H. The molecule has 1 aliphatic heterocycles. The summed E-state index contributed by atoms with van der Waals surface area (Å²) in [4.78, 5) is 30.4. The van der Waals surface area contributed by atoms with Crippen molar-refractivity contribution in [2.75, 3.05) is 40.3 Å². The highest BCUT2D eigenvalue weighted by Gasteiger charge is 2.23. The highest BCUT2D eigenvalue weighted by molar-refractivity contribution is 14.0. The smallest absolute Gasteiger partial charge is 0.251 e. The predicted octanol–water partition coefficient (Wildman–Crippen LogP) is 2.02. The normalized spacial score (nSPS) is 14.7. The van der Waals surface area contributed by atoms with Gasteiger partial charge in [0.15, 0.2) is 5.96 Å². The van der Waals surface area contributed by atoms with Gasteiger partial charge >= 0.3 is 0 Å². The second-order valence-corrected chi connectivity index (χ2v) is 7.07. The Bertz CT molecular complexity index is 687. The van der Waals surface area contributed by atoms with Crippen molar-refractivity contribution in [1.29, 1.82) is 0 Å². The average molecular weight is 515 g/mol. The third kappa shape index (κ3) is 8.20. The number of likely N-dealkylation sites (tertiary alicyclic amines) is 1. The van der Waals surface area contributed by atoms with Crippen LogP contribution in [0.15, 0.2) is 29.3 Å². The lowest BCUT2D eigenvalue weighted by molar-refractivity contribution is -0.121. The van der Waals surface area contributed by atoms with Gasteiger partial charge in [-0.05, 0) is 49.8 Å². The minimum Gasteiger partial charge on any atom is -0.359 e. The van der Waals surface area contributed by atoms with Crippen molar-refractivity contribution in [2.45, 2.75) is 32.6 Å². The molecule has 0 radical (unpaired) electrons. The lowest BCUT2D eigenvalue weighted by Crippen LogP contribution is -2.46. The molecule has 2 rings (SSSR count). The van der Waals surface area contributed by atoms with Crippen molar-refractivity contribution in [3.05, 3.63) is 35.4 Å². The van der Waals surface area contributed by atoms with Crippen LogP contribution in [0.2, 0.25) is 0 Å². The summed E-state index contributed by atoms with van der Waals surface area (Å²) in [6, 6.07) is 7.68. The number of benzene rings is 1. The Labute approximate surface area is 191 Å². The fraction of sp³-hybridized carbons (Fsp3) is 0.571. The second-order valence-electron chi connectivity index (χ2n) is 7.07. The summed E-state index contributed by atoms with van der Waals surface area (Å²) in [7, 11) is 3.33. The molecule has 162 valence electrons. The molecule has 2 amide bonds. The van der Waals surface area contributed by atoms with Crippen molar-refractivity contribution < 1.29 is 9.59 Å². The summed E-state index contributed by atoms with van der Waals surface area (Å²) >= 11 is 0. The first-order chi connectivity index (χ1) is 13.6. The molecule has 0 aromatic heterocycles. The number of carbonyl (C=O) groups is 2. The molecule has 7 nitrogen and oxygen atoms in total. The molecule has 0 unspecified atom stereocenters. The van der Waals surface area contributed by atoms with Gasteiger partial charge in [0, 0.05) is 52.3 Å². The Hall–Kier alpha value is -1.84. The van der Waals surface area contributed by atoms with Crippen molar-refractivity contribution in [3.63, 3.8) is 0 Å². The lowest BCUT2D eigenvalue weighted by atomic mass is 9.93. The maximum Gasteiger partial charge on any atom is 0.251 e. The molecular weight excluding hydrogens is 481 g/mol. The number of guanidine groups is 1. The van der Waals surface area contributed by atoms with E-state index < -0.39 is 0 Å². The number of halogens is 1.